The number of rotatable bonds is 2. The first-order chi connectivity index (χ1) is 12.1. The van der Waals surface area contributed by atoms with Crippen LogP contribution in [0.5, 0.6) is 0 Å². The lowest BCUT2D eigenvalue weighted by atomic mass is 9.96. The molecule has 122 valence electrons. The highest BCUT2D eigenvalue weighted by molar-refractivity contribution is 6.13. The third-order valence-corrected chi connectivity index (χ3v) is 4.53. The topological polar surface area (TPSA) is 44.0 Å². The van der Waals surface area contributed by atoms with Crippen LogP contribution in [0.25, 0.3) is 32.9 Å². The van der Waals surface area contributed by atoms with E-state index >= 15 is 0 Å². The van der Waals surface area contributed by atoms with Crippen LogP contribution in [0.1, 0.15) is 10.4 Å². The number of benzene rings is 3. The molecule has 4 aromatic rings. The van der Waals surface area contributed by atoms with Crippen molar-refractivity contribution in [2.45, 2.75) is 0 Å². The van der Waals surface area contributed by atoms with E-state index in [-0.39, 0.29) is 11.4 Å². The molecule has 1 aromatic heterocycles. The summed E-state index contributed by atoms with van der Waals surface area (Å²) in [5, 5.41) is 13.1. The highest BCUT2D eigenvalue weighted by Crippen LogP contribution is 2.31. The van der Waals surface area contributed by atoms with E-state index in [4.69, 9.17) is 0 Å². The van der Waals surface area contributed by atoms with Crippen LogP contribution in [0.4, 0.5) is 4.39 Å². The van der Waals surface area contributed by atoms with Gasteiger partial charge in [-0.2, -0.15) is 4.57 Å². The predicted octanol–water partition coefficient (Wildman–Crippen LogP) is 2.99. The molecule has 0 fully saturated rings. The number of fused-ring (bicyclic) bond motifs is 2. The SMILES string of the molecule is C[n+]1c2ccccc2c(C(=O)[O-])c2cccc(-c3ccc(F)cc3)c21. The summed E-state index contributed by atoms with van der Waals surface area (Å²) in [5.74, 6) is -1.52. The molecule has 4 heteroatoms. The molecule has 0 atom stereocenters. The van der Waals surface area contributed by atoms with Gasteiger partial charge in [-0.05, 0) is 35.9 Å². The number of hydrogen-bond acceptors (Lipinski definition) is 2. The van der Waals surface area contributed by atoms with Gasteiger partial charge in [-0.3, -0.25) is 0 Å². The Morgan fingerprint density at radius 1 is 0.920 bits per heavy atom. The molecule has 3 nitrogen and oxygen atoms in total. The molecule has 1 heterocycles. The first-order valence-corrected chi connectivity index (χ1v) is 7.88. The smallest absolute Gasteiger partial charge is 0.221 e. The van der Waals surface area contributed by atoms with Gasteiger partial charge in [0.15, 0.2) is 0 Å². The van der Waals surface area contributed by atoms with E-state index in [1.54, 1.807) is 24.3 Å². The second kappa shape index (κ2) is 5.67. The molecule has 0 amide bonds. The quantitative estimate of drug-likeness (QED) is 0.419. The molecule has 25 heavy (non-hydrogen) atoms. The largest absolute Gasteiger partial charge is 0.545 e. The number of aromatic carboxylic acids is 1. The number of hydrogen-bond donors (Lipinski definition) is 0. The second-order valence-corrected chi connectivity index (χ2v) is 5.95. The highest BCUT2D eigenvalue weighted by atomic mass is 19.1. The molecule has 0 aliphatic carbocycles. The molecule has 0 N–H and O–H groups in total. The van der Waals surface area contributed by atoms with Gasteiger partial charge in [0.05, 0.1) is 22.3 Å². The van der Waals surface area contributed by atoms with Crippen molar-refractivity contribution < 1.29 is 18.9 Å². The summed E-state index contributed by atoms with van der Waals surface area (Å²) < 4.78 is 15.3. The highest BCUT2D eigenvalue weighted by Gasteiger charge is 2.21. The predicted molar refractivity (Wildman–Crippen MR) is 92.4 cm³/mol. The Morgan fingerprint density at radius 2 is 1.60 bits per heavy atom. The molecule has 0 radical (unpaired) electrons. The Labute approximate surface area is 143 Å². The summed E-state index contributed by atoms with van der Waals surface area (Å²) >= 11 is 0. The number of aromatic nitrogens is 1. The maximum Gasteiger partial charge on any atom is 0.221 e. The second-order valence-electron chi connectivity index (χ2n) is 5.95. The van der Waals surface area contributed by atoms with Crippen LogP contribution in [0.3, 0.4) is 0 Å². The van der Waals surface area contributed by atoms with Crippen molar-refractivity contribution in [2.24, 2.45) is 7.05 Å². The monoisotopic (exact) mass is 331 g/mol. The van der Waals surface area contributed by atoms with Crippen molar-refractivity contribution in [1.29, 1.82) is 0 Å². The van der Waals surface area contributed by atoms with E-state index in [0.29, 0.717) is 10.8 Å². The Hall–Kier alpha value is -3.27. The van der Waals surface area contributed by atoms with Gasteiger partial charge in [0.2, 0.25) is 11.0 Å². The number of carbonyl (C=O) groups excluding carboxylic acids is 1. The Kier molecular flexibility index (Phi) is 3.46. The number of carboxylic acid groups (broad SMARTS) is 1. The average molecular weight is 331 g/mol. The van der Waals surface area contributed by atoms with Crippen LogP contribution in [-0.4, -0.2) is 5.97 Å². The standard InChI is InChI=1S/C21H14FNO2/c1-23-18-8-3-2-5-16(18)19(21(24)25)17-7-4-6-15(20(17)23)13-9-11-14(22)12-10-13/h2-12H,1H3. The third-order valence-electron chi connectivity index (χ3n) is 4.53. The lowest BCUT2D eigenvalue weighted by Gasteiger charge is -2.13. The normalized spacial score (nSPS) is 11.1. The fraction of sp³-hybridized carbons (Fsp3) is 0.0476. The molecule has 3 aromatic carbocycles. The average Bonchev–Trinajstić information content (AvgIpc) is 2.62. The van der Waals surface area contributed by atoms with Crippen LogP contribution < -0.4 is 9.67 Å². The van der Waals surface area contributed by atoms with Gasteiger partial charge < -0.3 is 9.90 Å². The maximum atomic E-state index is 13.3. The molecule has 0 bridgehead atoms. The number of carbonyl (C=O) groups is 1. The van der Waals surface area contributed by atoms with E-state index in [1.165, 1.54) is 12.1 Å². The summed E-state index contributed by atoms with van der Waals surface area (Å²) in [7, 11) is 1.90. The van der Waals surface area contributed by atoms with Crippen LogP contribution in [0.15, 0.2) is 66.7 Å². The zero-order chi connectivity index (χ0) is 17.6. The minimum absolute atomic E-state index is 0.174. The zero-order valence-corrected chi connectivity index (χ0v) is 13.5. The van der Waals surface area contributed by atoms with Crippen molar-refractivity contribution in [3.05, 3.63) is 78.1 Å². The minimum atomic E-state index is -1.21. The molecule has 0 saturated carbocycles. The zero-order valence-electron chi connectivity index (χ0n) is 13.5. The van der Waals surface area contributed by atoms with Crippen molar-refractivity contribution >= 4 is 27.8 Å². The lowest BCUT2D eigenvalue weighted by molar-refractivity contribution is -0.617. The van der Waals surface area contributed by atoms with Gasteiger partial charge in [-0.1, -0.05) is 30.3 Å². The van der Waals surface area contributed by atoms with E-state index < -0.39 is 5.97 Å². The number of nitrogens with zero attached hydrogens (tertiary/aromatic N) is 1. The van der Waals surface area contributed by atoms with Gasteiger partial charge in [0.25, 0.3) is 0 Å². The maximum absolute atomic E-state index is 13.3. The Balaban J connectivity index is 2.21. The fourth-order valence-corrected chi connectivity index (χ4v) is 3.43. The molecule has 4 rings (SSSR count). The van der Waals surface area contributed by atoms with Crippen LogP contribution in [0, 0.1) is 5.82 Å². The Morgan fingerprint density at radius 3 is 2.32 bits per heavy atom. The lowest BCUT2D eigenvalue weighted by Crippen LogP contribution is -2.33. The summed E-state index contributed by atoms with van der Waals surface area (Å²) in [6.07, 6.45) is 0. The summed E-state index contributed by atoms with van der Waals surface area (Å²) in [6, 6.07) is 19.0. The van der Waals surface area contributed by atoms with Crippen LogP contribution in [-0.2, 0) is 7.05 Å². The van der Waals surface area contributed by atoms with Gasteiger partial charge in [0, 0.05) is 11.6 Å². The Bertz CT molecular complexity index is 1130. The fourth-order valence-electron chi connectivity index (χ4n) is 3.43. The van der Waals surface area contributed by atoms with Crippen LogP contribution >= 0.6 is 0 Å². The van der Waals surface area contributed by atoms with Gasteiger partial charge in [0.1, 0.15) is 12.9 Å². The van der Waals surface area contributed by atoms with E-state index in [2.05, 4.69) is 0 Å². The summed E-state index contributed by atoms with van der Waals surface area (Å²) in [5.41, 5.74) is 3.40. The molecule has 0 aliphatic heterocycles. The van der Waals surface area contributed by atoms with Crippen molar-refractivity contribution in [1.82, 2.24) is 0 Å². The molecular formula is C21H14FNO2. The number of halogens is 1. The van der Waals surface area contributed by atoms with Gasteiger partial charge in [-0.15, -0.1) is 0 Å². The molecule has 0 saturated heterocycles. The van der Waals surface area contributed by atoms with E-state index in [0.717, 1.165) is 22.2 Å². The molecule has 0 spiro atoms. The molecular weight excluding hydrogens is 317 g/mol. The number of carboxylic acids is 1. The van der Waals surface area contributed by atoms with Crippen molar-refractivity contribution in [2.75, 3.05) is 0 Å². The number of aryl methyl sites for hydroxylation is 1. The van der Waals surface area contributed by atoms with Crippen LogP contribution in [0.2, 0.25) is 0 Å². The first-order valence-electron chi connectivity index (χ1n) is 7.88. The van der Waals surface area contributed by atoms with E-state index in [9.17, 15) is 14.3 Å². The van der Waals surface area contributed by atoms with E-state index in [1.807, 2.05) is 41.9 Å². The third kappa shape index (κ3) is 2.34. The minimum Gasteiger partial charge on any atom is -0.545 e. The van der Waals surface area contributed by atoms with Gasteiger partial charge >= 0.3 is 0 Å². The number of pyridine rings is 1. The summed E-state index contributed by atoms with van der Waals surface area (Å²) in [6.45, 7) is 0. The molecule has 0 unspecified atom stereocenters. The number of para-hydroxylation sites is 2. The van der Waals surface area contributed by atoms with Crippen molar-refractivity contribution in [3.8, 4) is 11.1 Å². The summed E-state index contributed by atoms with van der Waals surface area (Å²) in [4.78, 5) is 11.9. The van der Waals surface area contributed by atoms with Crippen molar-refractivity contribution in [3.63, 3.8) is 0 Å². The molecule has 0 aliphatic rings. The first kappa shape index (κ1) is 15.3. The van der Waals surface area contributed by atoms with Gasteiger partial charge in [-0.25, -0.2) is 4.39 Å².